The lowest BCUT2D eigenvalue weighted by atomic mass is 10.2. The average molecular weight is 412 g/mol. The standard InChI is InChI=1S/C20H14ClN3O5/c21-17-11-8-14(24(27)28)12-18(17)23-20(26)19(25)22-13-6-9-16(10-7-13)29-15-4-2-1-3-5-15/h1-12H,(H,22,25)(H,23,26). The molecule has 146 valence electrons. The molecule has 2 N–H and O–H groups in total. The quantitative estimate of drug-likeness (QED) is 0.361. The van der Waals surface area contributed by atoms with E-state index in [1.807, 2.05) is 18.2 Å². The van der Waals surface area contributed by atoms with Crippen LogP contribution in [0.2, 0.25) is 5.02 Å². The number of nitrogens with zero attached hydrogens (tertiary/aromatic N) is 1. The van der Waals surface area contributed by atoms with Crippen molar-refractivity contribution in [2.24, 2.45) is 0 Å². The second-order valence-corrected chi connectivity index (χ2v) is 6.18. The van der Waals surface area contributed by atoms with Gasteiger partial charge >= 0.3 is 11.8 Å². The largest absolute Gasteiger partial charge is 0.457 e. The van der Waals surface area contributed by atoms with Crippen LogP contribution in [0.1, 0.15) is 0 Å². The molecule has 29 heavy (non-hydrogen) atoms. The Morgan fingerprint density at radius 1 is 0.862 bits per heavy atom. The van der Waals surface area contributed by atoms with Crippen molar-refractivity contribution in [1.82, 2.24) is 0 Å². The fourth-order valence-electron chi connectivity index (χ4n) is 2.32. The van der Waals surface area contributed by atoms with Gasteiger partial charge in [-0.3, -0.25) is 19.7 Å². The number of nitrogens with one attached hydrogen (secondary N) is 2. The van der Waals surface area contributed by atoms with E-state index in [1.54, 1.807) is 36.4 Å². The lowest BCUT2D eigenvalue weighted by Gasteiger charge is -2.09. The van der Waals surface area contributed by atoms with Crippen LogP contribution in [0, 0.1) is 10.1 Å². The van der Waals surface area contributed by atoms with Crippen molar-refractivity contribution in [2.75, 3.05) is 10.6 Å². The third-order valence-electron chi connectivity index (χ3n) is 3.71. The second kappa shape index (κ2) is 8.85. The summed E-state index contributed by atoms with van der Waals surface area (Å²) < 4.78 is 5.65. The molecule has 0 aromatic heterocycles. The molecule has 3 aromatic rings. The molecule has 0 aliphatic rings. The van der Waals surface area contributed by atoms with E-state index in [9.17, 15) is 19.7 Å². The fraction of sp³-hybridized carbons (Fsp3) is 0. The third kappa shape index (κ3) is 5.30. The van der Waals surface area contributed by atoms with Crippen LogP contribution in [0.15, 0.2) is 72.8 Å². The second-order valence-electron chi connectivity index (χ2n) is 5.77. The van der Waals surface area contributed by atoms with Crippen LogP contribution in [-0.2, 0) is 9.59 Å². The van der Waals surface area contributed by atoms with E-state index in [1.165, 1.54) is 12.1 Å². The maximum Gasteiger partial charge on any atom is 0.314 e. The highest BCUT2D eigenvalue weighted by Gasteiger charge is 2.17. The van der Waals surface area contributed by atoms with Crippen LogP contribution in [0.4, 0.5) is 17.1 Å². The summed E-state index contributed by atoms with van der Waals surface area (Å²) in [5, 5.41) is 15.6. The van der Waals surface area contributed by atoms with Gasteiger partial charge in [-0.05, 0) is 42.5 Å². The van der Waals surface area contributed by atoms with E-state index in [4.69, 9.17) is 16.3 Å². The van der Waals surface area contributed by atoms with Gasteiger partial charge < -0.3 is 15.4 Å². The SMILES string of the molecule is O=C(Nc1ccc(Oc2ccccc2)cc1)C(=O)Nc1cc([N+](=O)[O-])ccc1Cl. The van der Waals surface area contributed by atoms with Crippen molar-refractivity contribution in [3.05, 3.63) is 87.9 Å². The average Bonchev–Trinajstić information content (AvgIpc) is 2.71. The van der Waals surface area contributed by atoms with Crippen LogP contribution >= 0.6 is 11.6 Å². The lowest BCUT2D eigenvalue weighted by Crippen LogP contribution is -2.29. The monoisotopic (exact) mass is 411 g/mol. The molecule has 8 nitrogen and oxygen atoms in total. The summed E-state index contributed by atoms with van der Waals surface area (Å²) in [6.45, 7) is 0. The third-order valence-corrected chi connectivity index (χ3v) is 4.04. The molecule has 0 radical (unpaired) electrons. The minimum atomic E-state index is -1.02. The number of amides is 2. The number of nitro groups is 1. The van der Waals surface area contributed by atoms with Crippen molar-refractivity contribution in [2.45, 2.75) is 0 Å². The Labute approximate surface area is 170 Å². The first kappa shape index (κ1) is 19.8. The molecule has 3 rings (SSSR count). The van der Waals surface area contributed by atoms with Gasteiger partial charge in [-0.25, -0.2) is 0 Å². The molecule has 0 fully saturated rings. The molecule has 0 saturated carbocycles. The summed E-state index contributed by atoms with van der Waals surface area (Å²) in [5.74, 6) is -0.749. The normalized spacial score (nSPS) is 10.1. The van der Waals surface area contributed by atoms with Crippen LogP contribution < -0.4 is 15.4 Å². The zero-order valence-electron chi connectivity index (χ0n) is 14.8. The van der Waals surface area contributed by atoms with Gasteiger partial charge in [0.05, 0.1) is 15.6 Å². The maximum absolute atomic E-state index is 12.1. The molecule has 9 heteroatoms. The Bertz CT molecular complexity index is 1060. The van der Waals surface area contributed by atoms with Gasteiger partial charge in [0.2, 0.25) is 0 Å². The number of non-ortho nitro benzene ring substituents is 1. The lowest BCUT2D eigenvalue weighted by molar-refractivity contribution is -0.384. The first-order valence-corrected chi connectivity index (χ1v) is 8.69. The summed E-state index contributed by atoms with van der Waals surface area (Å²) in [6, 6.07) is 19.1. The van der Waals surface area contributed by atoms with Gasteiger partial charge in [0, 0.05) is 17.8 Å². The van der Waals surface area contributed by atoms with Crippen molar-refractivity contribution in [3.8, 4) is 11.5 Å². The molecule has 0 aliphatic heterocycles. The zero-order chi connectivity index (χ0) is 20.8. The predicted octanol–water partition coefficient (Wildman–Crippen LogP) is 4.62. The Morgan fingerprint density at radius 3 is 2.14 bits per heavy atom. The molecule has 0 aliphatic carbocycles. The maximum atomic E-state index is 12.1. The van der Waals surface area contributed by atoms with Crippen LogP contribution in [0.3, 0.4) is 0 Å². The van der Waals surface area contributed by atoms with Crippen molar-refractivity contribution < 1.29 is 19.2 Å². The minimum absolute atomic E-state index is 0.0346. The van der Waals surface area contributed by atoms with Gasteiger partial charge in [-0.1, -0.05) is 29.8 Å². The number of carbonyl (C=O) groups is 2. The van der Waals surface area contributed by atoms with E-state index in [2.05, 4.69) is 10.6 Å². The Hall–Kier alpha value is -3.91. The molecule has 0 atom stereocenters. The smallest absolute Gasteiger partial charge is 0.314 e. The highest BCUT2D eigenvalue weighted by molar-refractivity contribution is 6.44. The summed E-state index contributed by atoms with van der Waals surface area (Å²) in [4.78, 5) is 34.4. The number of halogens is 1. The van der Waals surface area contributed by atoms with E-state index < -0.39 is 16.7 Å². The van der Waals surface area contributed by atoms with E-state index >= 15 is 0 Å². The number of ether oxygens (including phenoxy) is 1. The summed E-state index contributed by atoms with van der Waals surface area (Å²) >= 11 is 5.91. The fourth-order valence-corrected chi connectivity index (χ4v) is 2.49. The predicted molar refractivity (Wildman–Crippen MR) is 108 cm³/mol. The topological polar surface area (TPSA) is 111 Å². The first-order valence-electron chi connectivity index (χ1n) is 8.31. The van der Waals surface area contributed by atoms with Gasteiger partial charge in [0.15, 0.2) is 0 Å². The molecule has 3 aromatic carbocycles. The number of anilines is 2. The first-order chi connectivity index (χ1) is 13.9. The number of rotatable bonds is 5. The zero-order valence-corrected chi connectivity index (χ0v) is 15.6. The van der Waals surface area contributed by atoms with Gasteiger partial charge in [0.1, 0.15) is 11.5 Å². The number of hydrogen-bond acceptors (Lipinski definition) is 5. The van der Waals surface area contributed by atoms with Gasteiger partial charge in [-0.2, -0.15) is 0 Å². The molecule has 0 bridgehead atoms. The van der Waals surface area contributed by atoms with Crippen LogP contribution in [0.25, 0.3) is 0 Å². The number of benzene rings is 3. The highest BCUT2D eigenvalue weighted by atomic mass is 35.5. The number of hydrogen-bond donors (Lipinski definition) is 2. The Kier molecular flexibility index (Phi) is 6.06. The molecular formula is C20H14ClN3O5. The van der Waals surface area contributed by atoms with E-state index in [0.29, 0.717) is 17.2 Å². The summed E-state index contributed by atoms with van der Waals surface area (Å²) in [5.41, 5.74) is 0.0717. The van der Waals surface area contributed by atoms with Crippen molar-refractivity contribution in [1.29, 1.82) is 0 Å². The summed E-state index contributed by atoms with van der Waals surface area (Å²) in [7, 11) is 0. The molecule has 0 heterocycles. The van der Waals surface area contributed by atoms with Crippen LogP contribution in [-0.4, -0.2) is 16.7 Å². The highest BCUT2D eigenvalue weighted by Crippen LogP contribution is 2.27. The number of nitro benzene ring substituents is 1. The van der Waals surface area contributed by atoms with Crippen molar-refractivity contribution >= 4 is 40.5 Å². The number of para-hydroxylation sites is 1. The van der Waals surface area contributed by atoms with Gasteiger partial charge in [-0.15, -0.1) is 0 Å². The number of carbonyl (C=O) groups excluding carboxylic acids is 2. The Morgan fingerprint density at radius 2 is 1.48 bits per heavy atom. The van der Waals surface area contributed by atoms with E-state index in [-0.39, 0.29) is 16.4 Å². The minimum Gasteiger partial charge on any atom is -0.457 e. The molecular weight excluding hydrogens is 398 g/mol. The Balaban J connectivity index is 1.62. The van der Waals surface area contributed by atoms with E-state index in [0.717, 1.165) is 6.07 Å². The van der Waals surface area contributed by atoms with Crippen LogP contribution in [0.5, 0.6) is 11.5 Å². The molecule has 0 spiro atoms. The summed E-state index contributed by atoms with van der Waals surface area (Å²) in [6.07, 6.45) is 0. The molecule has 2 amide bonds. The molecule has 0 unspecified atom stereocenters. The molecule has 0 saturated heterocycles. The van der Waals surface area contributed by atoms with Gasteiger partial charge in [0.25, 0.3) is 5.69 Å². The van der Waals surface area contributed by atoms with Crippen molar-refractivity contribution in [3.63, 3.8) is 0 Å².